The third kappa shape index (κ3) is 2.97. The van der Waals surface area contributed by atoms with Gasteiger partial charge in [-0.25, -0.2) is 0 Å². The number of carbonyl (C=O) groups excluding carboxylic acids is 1. The maximum Gasteiger partial charge on any atom is 0.162 e. The van der Waals surface area contributed by atoms with Crippen molar-refractivity contribution in [2.45, 2.75) is 32.6 Å². The number of hydrogen-bond acceptors (Lipinski definition) is 2. The summed E-state index contributed by atoms with van der Waals surface area (Å²) in [6, 6.07) is 18.1. The van der Waals surface area contributed by atoms with Crippen LogP contribution in [0.5, 0.6) is 0 Å². The summed E-state index contributed by atoms with van der Waals surface area (Å²) in [7, 11) is 0. The van der Waals surface area contributed by atoms with E-state index in [1.54, 1.807) is 0 Å². The van der Waals surface area contributed by atoms with Gasteiger partial charge >= 0.3 is 0 Å². The Hall–Kier alpha value is -2.29. The van der Waals surface area contributed by atoms with Gasteiger partial charge in [0.15, 0.2) is 5.78 Å². The first-order chi connectivity index (χ1) is 13.9. The summed E-state index contributed by atoms with van der Waals surface area (Å²) in [5, 5.41) is 7.12. The number of Topliss-reactive ketones (excluding diaryl/α,β-unsaturated/α-hetero) is 1. The van der Waals surface area contributed by atoms with Gasteiger partial charge in [0.2, 0.25) is 0 Å². The highest BCUT2D eigenvalue weighted by Gasteiger charge is 2.42. The Morgan fingerprint density at radius 3 is 2.41 bits per heavy atom. The molecule has 2 nitrogen and oxygen atoms in total. The lowest BCUT2D eigenvalue weighted by molar-refractivity contribution is -0.118. The number of halogens is 2. The zero-order valence-electron chi connectivity index (χ0n) is 16.4. The Kier molecular flexibility index (Phi) is 4.27. The highest BCUT2D eigenvalue weighted by Crippen LogP contribution is 2.52. The van der Waals surface area contributed by atoms with Crippen LogP contribution in [0.25, 0.3) is 10.8 Å². The minimum absolute atomic E-state index is 0.0835. The van der Waals surface area contributed by atoms with Gasteiger partial charge in [0, 0.05) is 44.6 Å². The van der Waals surface area contributed by atoms with E-state index < -0.39 is 0 Å². The van der Waals surface area contributed by atoms with Crippen molar-refractivity contribution >= 4 is 45.4 Å². The van der Waals surface area contributed by atoms with E-state index in [1.807, 2.05) is 30.3 Å². The summed E-state index contributed by atoms with van der Waals surface area (Å²) < 4.78 is 0. The molecule has 2 aliphatic rings. The lowest BCUT2D eigenvalue weighted by atomic mass is 9.68. The zero-order chi connectivity index (χ0) is 20.3. The summed E-state index contributed by atoms with van der Waals surface area (Å²) in [5.74, 6) is -0.0980. The van der Waals surface area contributed by atoms with Crippen LogP contribution in [0.4, 0.5) is 5.69 Å². The monoisotopic (exact) mass is 421 g/mol. The van der Waals surface area contributed by atoms with Crippen molar-refractivity contribution in [3.63, 3.8) is 0 Å². The second-order valence-corrected chi connectivity index (χ2v) is 9.59. The summed E-state index contributed by atoms with van der Waals surface area (Å²) >= 11 is 13.3. The van der Waals surface area contributed by atoms with Crippen LogP contribution in [0.15, 0.2) is 65.9 Å². The van der Waals surface area contributed by atoms with Gasteiger partial charge in [-0.3, -0.25) is 4.79 Å². The first-order valence-electron chi connectivity index (χ1n) is 9.84. The molecule has 1 heterocycles. The number of carbonyl (C=O) groups is 1. The number of benzene rings is 3. The van der Waals surface area contributed by atoms with Crippen molar-refractivity contribution in [2.75, 3.05) is 5.32 Å². The van der Waals surface area contributed by atoms with E-state index in [0.717, 1.165) is 45.3 Å². The molecule has 1 atom stereocenters. The minimum Gasteiger partial charge on any atom is -0.358 e. The van der Waals surface area contributed by atoms with E-state index in [4.69, 9.17) is 23.2 Å². The predicted molar refractivity (Wildman–Crippen MR) is 121 cm³/mol. The minimum atomic E-state index is -0.268. The predicted octanol–water partition coefficient (Wildman–Crippen LogP) is 7.35. The molecule has 1 aliphatic heterocycles. The number of allylic oxidation sites excluding steroid dienone is 2. The van der Waals surface area contributed by atoms with Gasteiger partial charge < -0.3 is 5.32 Å². The maximum absolute atomic E-state index is 13.3. The lowest BCUT2D eigenvalue weighted by Gasteiger charge is -2.40. The molecular weight excluding hydrogens is 401 g/mol. The second kappa shape index (κ2) is 6.62. The number of ketones is 1. The molecule has 0 fully saturated rings. The third-order valence-electron chi connectivity index (χ3n) is 6.05. The van der Waals surface area contributed by atoms with Crippen LogP contribution in [0.2, 0.25) is 10.0 Å². The molecule has 0 spiro atoms. The topological polar surface area (TPSA) is 29.1 Å². The molecule has 29 heavy (non-hydrogen) atoms. The Morgan fingerprint density at radius 1 is 0.931 bits per heavy atom. The van der Waals surface area contributed by atoms with Crippen LogP contribution in [0.1, 0.15) is 43.7 Å². The van der Waals surface area contributed by atoms with Crippen molar-refractivity contribution in [3.8, 4) is 0 Å². The summed E-state index contributed by atoms with van der Waals surface area (Å²) in [6.07, 6.45) is 1.34. The average molecular weight is 422 g/mol. The number of rotatable bonds is 1. The van der Waals surface area contributed by atoms with Crippen molar-refractivity contribution in [3.05, 3.63) is 87.0 Å². The number of hydrogen-bond donors (Lipinski definition) is 1. The zero-order valence-corrected chi connectivity index (χ0v) is 17.9. The van der Waals surface area contributed by atoms with Gasteiger partial charge in [0.1, 0.15) is 0 Å². The molecule has 0 saturated heterocycles. The van der Waals surface area contributed by atoms with Gasteiger partial charge in [-0.05, 0) is 34.9 Å². The van der Waals surface area contributed by atoms with Crippen LogP contribution in [-0.2, 0) is 4.79 Å². The van der Waals surface area contributed by atoms with E-state index >= 15 is 0 Å². The standard InChI is InChI=1S/C25H21Cl2NO/c1-25(2)12-19-23(20(29)13-25)21(22-17(26)8-5-9-18(22)27)16-11-10-14-6-3-4-7-15(14)24(16)28-19/h3-11,21,28H,12-13H2,1-2H3/t21-/m0/s1. The largest absolute Gasteiger partial charge is 0.358 e. The molecule has 0 radical (unpaired) electrons. The van der Waals surface area contributed by atoms with Gasteiger partial charge in [-0.15, -0.1) is 0 Å². The number of fused-ring (bicyclic) bond motifs is 3. The first-order valence-corrected chi connectivity index (χ1v) is 10.6. The molecule has 1 aliphatic carbocycles. The van der Waals surface area contributed by atoms with E-state index in [1.165, 1.54) is 0 Å². The maximum atomic E-state index is 13.3. The molecule has 0 bridgehead atoms. The normalized spacial score (nSPS) is 20.3. The van der Waals surface area contributed by atoms with Gasteiger partial charge in [-0.2, -0.15) is 0 Å². The molecule has 3 aromatic rings. The van der Waals surface area contributed by atoms with Crippen LogP contribution in [0.3, 0.4) is 0 Å². The van der Waals surface area contributed by atoms with E-state index in [2.05, 4.69) is 43.4 Å². The molecule has 3 aromatic carbocycles. The Bertz CT molecular complexity index is 1190. The van der Waals surface area contributed by atoms with Gasteiger partial charge in [-0.1, -0.05) is 79.5 Å². The molecule has 5 rings (SSSR count). The summed E-state index contributed by atoms with van der Waals surface area (Å²) in [6.45, 7) is 4.29. The van der Waals surface area contributed by atoms with Crippen LogP contribution >= 0.6 is 23.2 Å². The Balaban J connectivity index is 1.85. The Labute approximate surface area is 180 Å². The smallest absolute Gasteiger partial charge is 0.162 e. The fraction of sp³-hybridized carbons (Fsp3) is 0.240. The highest BCUT2D eigenvalue weighted by atomic mass is 35.5. The quantitative estimate of drug-likeness (QED) is 0.444. The van der Waals surface area contributed by atoms with E-state index in [-0.39, 0.29) is 17.1 Å². The van der Waals surface area contributed by atoms with Gasteiger partial charge in [0.25, 0.3) is 0 Å². The van der Waals surface area contributed by atoms with Crippen LogP contribution < -0.4 is 5.32 Å². The van der Waals surface area contributed by atoms with E-state index in [9.17, 15) is 4.79 Å². The summed E-state index contributed by atoms with van der Waals surface area (Å²) in [4.78, 5) is 13.3. The van der Waals surface area contributed by atoms with E-state index in [0.29, 0.717) is 16.5 Å². The van der Waals surface area contributed by atoms with Crippen LogP contribution in [-0.4, -0.2) is 5.78 Å². The highest BCUT2D eigenvalue weighted by molar-refractivity contribution is 6.36. The van der Waals surface area contributed by atoms with Crippen LogP contribution in [0, 0.1) is 5.41 Å². The lowest BCUT2D eigenvalue weighted by Crippen LogP contribution is -2.34. The molecule has 0 unspecified atom stereocenters. The molecular formula is C25H21Cl2NO. The van der Waals surface area contributed by atoms with Crippen molar-refractivity contribution < 1.29 is 4.79 Å². The molecule has 146 valence electrons. The molecule has 4 heteroatoms. The molecule has 1 N–H and O–H groups in total. The molecule has 0 amide bonds. The molecule has 0 saturated carbocycles. The fourth-order valence-electron chi connectivity index (χ4n) is 4.84. The second-order valence-electron chi connectivity index (χ2n) is 8.78. The first kappa shape index (κ1) is 18.7. The van der Waals surface area contributed by atoms with Crippen molar-refractivity contribution in [2.24, 2.45) is 5.41 Å². The van der Waals surface area contributed by atoms with Crippen molar-refractivity contribution in [1.82, 2.24) is 0 Å². The SMILES string of the molecule is CC1(C)CC(=O)C2=C(C1)Nc1c(ccc3ccccc13)[C@H]2c1c(Cl)cccc1Cl. The molecule has 0 aromatic heterocycles. The van der Waals surface area contributed by atoms with Crippen molar-refractivity contribution in [1.29, 1.82) is 0 Å². The van der Waals surface area contributed by atoms with Gasteiger partial charge in [0.05, 0.1) is 5.69 Å². The Morgan fingerprint density at radius 2 is 1.66 bits per heavy atom. The number of nitrogens with one attached hydrogen (secondary N) is 1. The average Bonchev–Trinajstić information content (AvgIpc) is 2.66. The summed E-state index contributed by atoms with van der Waals surface area (Å²) in [5.41, 5.74) is 4.63. The third-order valence-corrected chi connectivity index (χ3v) is 6.70. The fourth-order valence-corrected chi connectivity index (χ4v) is 5.46. The number of anilines is 1.